The lowest BCUT2D eigenvalue weighted by molar-refractivity contribution is 0.0747. The van der Waals surface area contributed by atoms with Gasteiger partial charge in [0.2, 0.25) is 0 Å². The van der Waals surface area contributed by atoms with E-state index in [-0.39, 0.29) is 5.91 Å². The summed E-state index contributed by atoms with van der Waals surface area (Å²) in [4.78, 5) is 22.4. The molecule has 10 nitrogen and oxygen atoms in total. The van der Waals surface area contributed by atoms with Crippen LogP contribution in [0.25, 0.3) is 0 Å². The van der Waals surface area contributed by atoms with Crippen molar-refractivity contribution in [2.24, 2.45) is 0 Å². The maximum absolute atomic E-state index is 13.4. The predicted molar refractivity (Wildman–Crippen MR) is 170 cm³/mol. The summed E-state index contributed by atoms with van der Waals surface area (Å²) in [5, 5.41) is 0. The molecule has 3 aromatic carbocycles. The second kappa shape index (κ2) is 14.2. The number of carbonyl (C=O) groups is 1. The van der Waals surface area contributed by atoms with E-state index in [1.54, 1.807) is 33.5 Å². The molecule has 43 heavy (non-hydrogen) atoms. The first-order valence-corrected chi connectivity index (χ1v) is 14.9. The van der Waals surface area contributed by atoms with Gasteiger partial charge in [-0.05, 0) is 36.8 Å². The molecule has 10 heteroatoms. The third-order valence-electron chi connectivity index (χ3n) is 8.23. The minimum atomic E-state index is -0.103. The van der Waals surface area contributed by atoms with Crippen LogP contribution in [-0.4, -0.2) is 103 Å². The van der Waals surface area contributed by atoms with Crippen molar-refractivity contribution in [3.8, 4) is 23.0 Å². The zero-order chi connectivity index (χ0) is 30.2. The molecule has 0 unspecified atom stereocenters. The number of hydrogen-bond acceptors (Lipinski definition) is 9. The molecule has 1 amide bonds. The molecule has 0 aromatic heterocycles. The average molecular weight is 590 g/mol. The van der Waals surface area contributed by atoms with Crippen molar-refractivity contribution >= 4 is 23.0 Å². The van der Waals surface area contributed by atoms with Crippen molar-refractivity contribution in [3.63, 3.8) is 0 Å². The number of piperazine rings is 2. The van der Waals surface area contributed by atoms with Crippen molar-refractivity contribution in [3.05, 3.63) is 66.2 Å². The molecular formula is C33H43N5O5. The number of ether oxygens (including phenoxy) is 4. The molecule has 2 aliphatic heterocycles. The molecule has 0 saturated carbocycles. The van der Waals surface area contributed by atoms with E-state index >= 15 is 0 Å². The van der Waals surface area contributed by atoms with Crippen LogP contribution < -0.4 is 34.5 Å². The Hall–Kier alpha value is -4.31. The van der Waals surface area contributed by atoms with Crippen molar-refractivity contribution in [1.29, 1.82) is 0 Å². The number of carbonyl (C=O) groups excluding carboxylic acids is 1. The highest BCUT2D eigenvalue weighted by atomic mass is 16.5. The van der Waals surface area contributed by atoms with Crippen LogP contribution in [0, 0.1) is 0 Å². The Balaban J connectivity index is 1.10. The number of methoxy groups -OCH3 is 3. The van der Waals surface area contributed by atoms with Crippen molar-refractivity contribution in [1.82, 2.24) is 9.80 Å². The number of benzene rings is 3. The first-order valence-electron chi connectivity index (χ1n) is 14.9. The Morgan fingerprint density at radius 3 is 1.79 bits per heavy atom. The van der Waals surface area contributed by atoms with Gasteiger partial charge in [-0.2, -0.15) is 0 Å². The molecule has 0 atom stereocenters. The number of nitrogen functional groups attached to an aromatic ring is 1. The fraction of sp³-hybridized carbons (Fsp3) is 0.424. The summed E-state index contributed by atoms with van der Waals surface area (Å²) in [6.45, 7) is 7.94. The van der Waals surface area contributed by atoms with Gasteiger partial charge < -0.3 is 39.4 Å². The first kappa shape index (κ1) is 30.2. The van der Waals surface area contributed by atoms with Gasteiger partial charge >= 0.3 is 0 Å². The molecule has 2 fully saturated rings. The summed E-state index contributed by atoms with van der Waals surface area (Å²) in [6.07, 6.45) is 0.870. The number of hydrogen-bond donors (Lipinski definition) is 1. The first-order chi connectivity index (χ1) is 21.0. The SMILES string of the molecule is COc1cc(C(=O)N2CCN(c3ccccc3OC)CC2)c(N)cc1OCCCN1CCN(c2ccccc2OC)CC1. The highest BCUT2D eigenvalue weighted by Crippen LogP contribution is 2.34. The van der Waals surface area contributed by atoms with Gasteiger partial charge in [0.05, 0.1) is 44.9 Å². The van der Waals surface area contributed by atoms with Crippen molar-refractivity contribution in [2.75, 3.05) is 102 Å². The van der Waals surface area contributed by atoms with E-state index in [0.717, 1.165) is 62.0 Å². The largest absolute Gasteiger partial charge is 0.495 e. The molecule has 0 radical (unpaired) electrons. The molecule has 3 aromatic rings. The Labute approximate surface area is 254 Å². The molecule has 2 heterocycles. The van der Waals surface area contributed by atoms with E-state index < -0.39 is 0 Å². The molecular weight excluding hydrogens is 546 g/mol. The normalized spacial score (nSPS) is 15.7. The summed E-state index contributed by atoms with van der Waals surface area (Å²) < 4.78 is 22.7. The number of para-hydroxylation sites is 4. The molecule has 230 valence electrons. The van der Waals surface area contributed by atoms with Gasteiger partial charge in [0.25, 0.3) is 5.91 Å². The van der Waals surface area contributed by atoms with E-state index in [1.165, 1.54) is 0 Å². The van der Waals surface area contributed by atoms with Gasteiger partial charge in [-0.15, -0.1) is 0 Å². The molecule has 0 bridgehead atoms. The highest BCUT2D eigenvalue weighted by Gasteiger charge is 2.26. The van der Waals surface area contributed by atoms with Gasteiger partial charge in [0, 0.05) is 70.7 Å². The Bertz CT molecular complexity index is 1370. The molecule has 5 rings (SSSR count). The van der Waals surface area contributed by atoms with E-state index in [4.69, 9.17) is 24.7 Å². The summed E-state index contributed by atoms with van der Waals surface area (Å²) in [7, 11) is 4.98. The van der Waals surface area contributed by atoms with Crippen molar-refractivity contribution in [2.45, 2.75) is 6.42 Å². The number of amides is 1. The fourth-order valence-electron chi connectivity index (χ4n) is 5.82. The second-order valence-corrected chi connectivity index (χ2v) is 10.7. The fourth-order valence-corrected chi connectivity index (χ4v) is 5.82. The van der Waals surface area contributed by atoms with Gasteiger partial charge in [-0.3, -0.25) is 9.69 Å². The van der Waals surface area contributed by atoms with Gasteiger partial charge in [-0.25, -0.2) is 0 Å². The lowest BCUT2D eigenvalue weighted by atomic mass is 10.1. The number of nitrogens with two attached hydrogens (primary N) is 1. The summed E-state index contributed by atoms with van der Waals surface area (Å²) >= 11 is 0. The number of nitrogens with zero attached hydrogens (tertiary/aromatic N) is 4. The van der Waals surface area contributed by atoms with Crippen LogP contribution in [0.5, 0.6) is 23.0 Å². The Kier molecular flexibility index (Phi) is 9.99. The third-order valence-corrected chi connectivity index (χ3v) is 8.23. The number of anilines is 3. The van der Waals surface area contributed by atoms with Crippen LogP contribution in [0.3, 0.4) is 0 Å². The van der Waals surface area contributed by atoms with E-state index in [9.17, 15) is 4.79 Å². The van der Waals surface area contributed by atoms with Crippen LogP contribution in [0.2, 0.25) is 0 Å². The summed E-state index contributed by atoms with van der Waals surface area (Å²) in [5.41, 5.74) is 9.39. The van der Waals surface area contributed by atoms with Crippen LogP contribution in [0.15, 0.2) is 60.7 Å². The zero-order valence-electron chi connectivity index (χ0n) is 25.5. The monoisotopic (exact) mass is 589 g/mol. The van der Waals surface area contributed by atoms with Crippen LogP contribution in [-0.2, 0) is 0 Å². The van der Waals surface area contributed by atoms with Crippen LogP contribution in [0.1, 0.15) is 16.8 Å². The maximum atomic E-state index is 13.4. The van der Waals surface area contributed by atoms with Gasteiger partial charge in [0.15, 0.2) is 11.5 Å². The topological polar surface area (TPSA) is 93.0 Å². The van der Waals surface area contributed by atoms with Crippen molar-refractivity contribution < 1.29 is 23.7 Å². The standard InChI is InChI=1S/C33H43N5O5/c1-40-29-11-6-4-9-27(29)36-16-14-35(15-17-36)13-8-22-43-32-24-26(34)25(23-31(32)42-3)33(39)38-20-18-37(19-21-38)28-10-5-7-12-30(28)41-2/h4-7,9-12,23-24H,8,13-22,34H2,1-3H3. The van der Waals surface area contributed by atoms with E-state index in [2.05, 4.69) is 26.8 Å². The minimum absolute atomic E-state index is 0.103. The maximum Gasteiger partial charge on any atom is 0.256 e. The molecule has 2 N–H and O–H groups in total. The molecule has 0 spiro atoms. The lowest BCUT2D eigenvalue weighted by Gasteiger charge is -2.36. The summed E-state index contributed by atoms with van der Waals surface area (Å²) in [6, 6.07) is 19.5. The third kappa shape index (κ3) is 7.02. The molecule has 0 aliphatic carbocycles. The highest BCUT2D eigenvalue weighted by molar-refractivity contribution is 6.00. The Morgan fingerprint density at radius 2 is 1.23 bits per heavy atom. The molecule has 2 saturated heterocycles. The van der Waals surface area contributed by atoms with Crippen LogP contribution >= 0.6 is 0 Å². The predicted octanol–water partition coefficient (Wildman–Crippen LogP) is 3.85. The smallest absolute Gasteiger partial charge is 0.256 e. The minimum Gasteiger partial charge on any atom is -0.495 e. The Morgan fingerprint density at radius 1 is 0.698 bits per heavy atom. The van der Waals surface area contributed by atoms with Gasteiger partial charge in [0.1, 0.15) is 11.5 Å². The average Bonchev–Trinajstić information content (AvgIpc) is 3.06. The summed E-state index contributed by atoms with van der Waals surface area (Å²) in [5.74, 6) is 2.71. The molecule has 2 aliphatic rings. The second-order valence-electron chi connectivity index (χ2n) is 10.7. The lowest BCUT2D eigenvalue weighted by Crippen LogP contribution is -2.49. The number of rotatable bonds is 11. The van der Waals surface area contributed by atoms with Crippen LogP contribution in [0.4, 0.5) is 17.1 Å². The van der Waals surface area contributed by atoms with Gasteiger partial charge in [-0.1, -0.05) is 24.3 Å². The quantitative estimate of drug-likeness (QED) is 0.265. The van der Waals surface area contributed by atoms with E-state index in [1.807, 2.05) is 41.3 Å². The zero-order valence-corrected chi connectivity index (χ0v) is 25.5. The van der Waals surface area contributed by atoms with E-state index in [0.29, 0.717) is 55.5 Å².